The maximum absolute atomic E-state index is 12.2. The fraction of sp³-hybridized carbons (Fsp3) is 0.222. The lowest BCUT2D eigenvalue weighted by molar-refractivity contribution is -0.138. The molecule has 1 N–H and O–H groups in total. The number of hydroxylamine groups is 1. The minimum atomic E-state index is -0.485. The molecule has 0 bridgehead atoms. The molecule has 1 fully saturated rings. The Labute approximate surface area is 155 Å². The Hall–Kier alpha value is -2.08. The summed E-state index contributed by atoms with van der Waals surface area (Å²) in [6.07, 6.45) is 0.116. The Morgan fingerprint density at radius 2 is 1.84 bits per heavy atom. The molecule has 0 spiro atoms. The Morgan fingerprint density at radius 1 is 1.16 bits per heavy atom. The van der Waals surface area contributed by atoms with Gasteiger partial charge in [-0.3, -0.25) is 14.4 Å². The third kappa shape index (κ3) is 4.51. The Bertz CT molecular complexity index is 763. The van der Waals surface area contributed by atoms with Crippen LogP contribution in [0.5, 0.6) is 0 Å². The van der Waals surface area contributed by atoms with E-state index in [1.54, 1.807) is 18.2 Å². The van der Waals surface area contributed by atoms with Crippen LogP contribution >= 0.6 is 23.2 Å². The minimum Gasteiger partial charge on any atom is -0.311 e. The van der Waals surface area contributed by atoms with Gasteiger partial charge in [-0.25, -0.2) is 5.48 Å². The summed E-state index contributed by atoms with van der Waals surface area (Å²) in [5.41, 5.74) is 3.95. The van der Waals surface area contributed by atoms with Crippen molar-refractivity contribution in [2.45, 2.75) is 13.0 Å². The normalized spacial score (nSPS) is 17.0. The van der Waals surface area contributed by atoms with Gasteiger partial charge in [0.1, 0.15) is 0 Å². The molecule has 1 unspecified atom stereocenters. The SMILES string of the molecule is O=C(NOCc1ccccc1)C1CC(=O)N(c2cc(Cl)cc(Cl)c2)C1. The van der Waals surface area contributed by atoms with E-state index in [0.29, 0.717) is 15.7 Å². The Balaban J connectivity index is 1.57. The van der Waals surface area contributed by atoms with Gasteiger partial charge in [-0.05, 0) is 23.8 Å². The van der Waals surface area contributed by atoms with Gasteiger partial charge in [0.05, 0.1) is 12.5 Å². The molecule has 1 aliphatic rings. The number of amides is 2. The molecule has 7 heteroatoms. The number of hydrogen-bond acceptors (Lipinski definition) is 3. The second-order valence-corrected chi connectivity index (χ2v) is 6.65. The maximum atomic E-state index is 12.2. The fourth-order valence-corrected chi connectivity index (χ4v) is 3.19. The number of nitrogens with zero attached hydrogens (tertiary/aromatic N) is 1. The van der Waals surface area contributed by atoms with Crippen LogP contribution in [0.3, 0.4) is 0 Å². The third-order valence-corrected chi connectivity index (χ3v) is 4.35. The van der Waals surface area contributed by atoms with Crippen LogP contribution in [0.1, 0.15) is 12.0 Å². The predicted molar refractivity (Wildman–Crippen MR) is 96.3 cm³/mol. The highest BCUT2D eigenvalue weighted by Gasteiger charge is 2.35. The van der Waals surface area contributed by atoms with Gasteiger partial charge in [0.15, 0.2) is 0 Å². The summed E-state index contributed by atoms with van der Waals surface area (Å²) < 4.78 is 0. The van der Waals surface area contributed by atoms with Crippen LogP contribution in [0.4, 0.5) is 5.69 Å². The van der Waals surface area contributed by atoms with Gasteiger partial charge in [0.25, 0.3) is 0 Å². The minimum absolute atomic E-state index is 0.116. The van der Waals surface area contributed by atoms with Crippen molar-refractivity contribution in [1.29, 1.82) is 0 Å². The summed E-state index contributed by atoms with van der Waals surface area (Å²) in [5.74, 6) is -0.956. The van der Waals surface area contributed by atoms with Crippen molar-refractivity contribution < 1.29 is 14.4 Å². The van der Waals surface area contributed by atoms with Crippen molar-refractivity contribution in [1.82, 2.24) is 5.48 Å². The topological polar surface area (TPSA) is 58.6 Å². The number of halogens is 2. The molecule has 1 heterocycles. The van der Waals surface area contributed by atoms with E-state index in [4.69, 9.17) is 28.0 Å². The molecule has 0 saturated carbocycles. The quantitative estimate of drug-likeness (QED) is 0.808. The summed E-state index contributed by atoms with van der Waals surface area (Å²) in [4.78, 5) is 31.2. The highest BCUT2D eigenvalue weighted by Crippen LogP contribution is 2.30. The zero-order valence-electron chi connectivity index (χ0n) is 13.2. The first-order valence-corrected chi connectivity index (χ1v) is 8.50. The smallest absolute Gasteiger partial charge is 0.248 e. The first kappa shape index (κ1) is 17.7. The van der Waals surface area contributed by atoms with Crippen LogP contribution in [0.15, 0.2) is 48.5 Å². The molecule has 2 amide bonds. The number of carbonyl (C=O) groups is 2. The highest BCUT2D eigenvalue weighted by atomic mass is 35.5. The molecule has 2 aromatic rings. The molecule has 2 aromatic carbocycles. The van der Waals surface area contributed by atoms with E-state index in [9.17, 15) is 9.59 Å². The van der Waals surface area contributed by atoms with E-state index in [1.807, 2.05) is 30.3 Å². The molecule has 0 aromatic heterocycles. The number of rotatable bonds is 5. The molecular formula is C18H16Cl2N2O3. The maximum Gasteiger partial charge on any atom is 0.248 e. The van der Waals surface area contributed by atoms with Crippen LogP contribution in [0.25, 0.3) is 0 Å². The fourth-order valence-electron chi connectivity index (χ4n) is 2.68. The molecular weight excluding hydrogens is 363 g/mol. The first-order valence-electron chi connectivity index (χ1n) is 7.75. The van der Waals surface area contributed by atoms with Gasteiger partial charge >= 0.3 is 0 Å². The van der Waals surface area contributed by atoms with Crippen molar-refractivity contribution in [3.63, 3.8) is 0 Å². The summed E-state index contributed by atoms with van der Waals surface area (Å²) in [5, 5.41) is 0.879. The molecule has 0 radical (unpaired) electrons. The second kappa shape index (κ2) is 7.87. The van der Waals surface area contributed by atoms with Crippen molar-refractivity contribution >= 4 is 40.7 Å². The average Bonchev–Trinajstić information content (AvgIpc) is 2.97. The van der Waals surface area contributed by atoms with Crippen LogP contribution in [0, 0.1) is 5.92 Å². The first-order chi connectivity index (χ1) is 12.0. The van der Waals surface area contributed by atoms with E-state index >= 15 is 0 Å². The molecule has 1 saturated heterocycles. The molecule has 1 aliphatic heterocycles. The molecule has 1 atom stereocenters. The van der Waals surface area contributed by atoms with E-state index in [1.165, 1.54) is 4.90 Å². The van der Waals surface area contributed by atoms with E-state index in [-0.39, 0.29) is 31.4 Å². The second-order valence-electron chi connectivity index (χ2n) is 5.77. The number of hydrogen-bond donors (Lipinski definition) is 1. The lowest BCUT2D eigenvalue weighted by Gasteiger charge is -2.17. The van der Waals surface area contributed by atoms with Crippen molar-refractivity contribution in [2.24, 2.45) is 5.92 Å². The summed E-state index contributed by atoms with van der Waals surface area (Å²) in [7, 11) is 0. The molecule has 25 heavy (non-hydrogen) atoms. The van der Waals surface area contributed by atoms with Gasteiger partial charge < -0.3 is 4.90 Å². The zero-order chi connectivity index (χ0) is 17.8. The summed E-state index contributed by atoms with van der Waals surface area (Å²) in [6.45, 7) is 0.525. The monoisotopic (exact) mass is 378 g/mol. The lowest BCUT2D eigenvalue weighted by atomic mass is 10.1. The van der Waals surface area contributed by atoms with Gasteiger partial charge in [0.2, 0.25) is 11.8 Å². The Kier molecular flexibility index (Phi) is 5.58. The van der Waals surface area contributed by atoms with Crippen molar-refractivity contribution in [2.75, 3.05) is 11.4 Å². The number of anilines is 1. The van der Waals surface area contributed by atoms with Gasteiger partial charge in [-0.1, -0.05) is 53.5 Å². The van der Waals surface area contributed by atoms with Crippen molar-refractivity contribution in [3.05, 3.63) is 64.1 Å². The number of benzene rings is 2. The lowest BCUT2D eigenvalue weighted by Crippen LogP contribution is -2.33. The standard InChI is InChI=1S/C18H16Cl2N2O3/c19-14-7-15(20)9-16(8-14)22-10-13(6-17(22)23)18(24)21-25-11-12-4-2-1-3-5-12/h1-5,7-9,13H,6,10-11H2,(H,21,24). The van der Waals surface area contributed by atoms with Crippen LogP contribution in [0.2, 0.25) is 10.0 Å². The third-order valence-electron chi connectivity index (χ3n) is 3.91. The van der Waals surface area contributed by atoms with Gasteiger partial charge in [-0.15, -0.1) is 0 Å². The molecule has 0 aliphatic carbocycles. The van der Waals surface area contributed by atoms with Crippen molar-refractivity contribution in [3.8, 4) is 0 Å². The van der Waals surface area contributed by atoms with Crippen LogP contribution in [-0.4, -0.2) is 18.4 Å². The predicted octanol–water partition coefficient (Wildman–Crippen LogP) is 3.59. The number of carbonyl (C=O) groups excluding carboxylic acids is 2. The van der Waals surface area contributed by atoms with Gasteiger partial charge in [-0.2, -0.15) is 0 Å². The average molecular weight is 379 g/mol. The number of nitrogens with one attached hydrogen (secondary N) is 1. The van der Waals surface area contributed by atoms with E-state index < -0.39 is 5.92 Å². The molecule has 130 valence electrons. The van der Waals surface area contributed by atoms with E-state index in [0.717, 1.165) is 5.56 Å². The molecule has 3 rings (SSSR count). The zero-order valence-corrected chi connectivity index (χ0v) is 14.8. The van der Waals surface area contributed by atoms with Crippen LogP contribution in [-0.2, 0) is 21.0 Å². The summed E-state index contributed by atoms with van der Waals surface area (Å²) >= 11 is 12.0. The Morgan fingerprint density at radius 3 is 2.52 bits per heavy atom. The van der Waals surface area contributed by atoms with Crippen LogP contribution < -0.4 is 10.4 Å². The van der Waals surface area contributed by atoms with Gasteiger partial charge in [0, 0.05) is 28.7 Å². The largest absolute Gasteiger partial charge is 0.311 e. The van der Waals surface area contributed by atoms with E-state index in [2.05, 4.69) is 5.48 Å². The summed E-state index contributed by atoms with van der Waals surface area (Å²) in [6, 6.07) is 14.4. The molecule has 5 nitrogen and oxygen atoms in total. The highest BCUT2D eigenvalue weighted by molar-refractivity contribution is 6.35.